The minimum Gasteiger partial charge on any atom is -0.490 e. The molecule has 0 aliphatic rings. The van der Waals surface area contributed by atoms with Crippen molar-refractivity contribution in [3.63, 3.8) is 0 Å². The Morgan fingerprint density at radius 3 is 1.45 bits per heavy atom. The molecule has 0 atom stereocenters. The van der Waals surface area contributed by atoms with Crippen LogP contribution in [0.1, 0.15) is 127 Å². The van der Waals surface area contributed by atoms with E-state index in [-0.39, 0.29) is 26.4 Å². The van der Waals surface area contributed by atoms with Gasteiger partial charge in [-0.1, -0.05) is 97.8 Å². The monoisotopic (exact) mass is 596 g/mol. The number of hydrogen-bond donors (Lipinski definition) is 1. The molecule has 0 aliphatic carbocycles. The molecule has 0 aromatic heterocycles. The number of aliphatic hydroxyl groups excluding tert-OH is 1. The van der Waals surface area contributed by atoms with Gasteiger partial charge in [0.25, 0.3) is 0 Å². The lowest BCUT2D eigenvalue weighted by Crippen LogP contribution is -2.14. The number of carbonyl (C=O) groups is 1. The Kier molecular flexibility index (Phi) is 25.1. The molecule has 0 bridgehead atoms. The maximum absolute atomic E-state index is 13.0. The van der Waals surface area contributed by atoms with Crippen LogP contribution in [0.2, 0.25) is 0 Å². The number of aliphatic hydroxyl groups is 1. The zero-order valence-electron chi connectivity index (χ0n) is 26.9. The summed E-state index contributed by atoms with van der Waals surface area (Å²) in [6, 6.07) is 3.44. The number of rotatable bonds is 30. The topological polar surface area (TPSA) is 92.7 Å². The van der Waals surface area contributed by atoms with Crippen LogP contribution in [0.4, 0.5) is 0 Å². The van der Waals surface area contributed by atoms with Gasteiger partial charge >= 0.3 is 5.97 Å². The molecule has 0 fully saturated rings. The number of carbonyl (C=O) groups excluding carboxylic acids is 1. The van der Waals surface area contributed by atoms with Gasteiger partial charge < -0.3 is 33.5 Å². The molecular weight excluding hydrogens is 536 g/mol. The quantitative estimate of drug-likeness (QED) is 0.0707. The highest BCUT2D eigenvalue weighted by Crippen LogP contribution is 2.40. The summed E-state index contributed by atoms with van der Waals surface area (Å²) in [5.74, 6) is 1.19. The lowest BCUT2D eigenvalue weighted by Gasteiger charge is -2.19. The number of hydrogen-bond acceptors (Lipinski definition) is 8. The van der Waals surface area contributed by atoms with Crippen molar-refractivity contribution < 1.29 is 38.3 Å². The molecule has 0 aliphatic heterocycles. The summed E-state index contributed by atoms with van der Waals surface area (Å²) < 4.78 is 34.8. The number of benzene rings is 1. The molecule has 0 unspecified atom stereocenters. The highest BCUT2D eigenvalue weighted by molar-refractivity contribution is 5.91. The molecule has 8 nitrogen and oxygen atoms in total. The van der Waals surface area contributed by atoms with Gasteiger partial charge in [-0.3, -0.25) is 0 Å². The maximum Gasteiger partial charge on any atom is 0.338 e. The molecule has 42 heavy (non-hydrogen) atoms. The molecular formula is C34H60O8. The van der Waals surface area contributed by atoms with Gasteiger partial charge in [-0.05, 0) is 31.4 Å². The van der Waals surface area contributed by atoms with Crippen LogP contribution < -0.4 is 14.2 Å². The lowest BCUT2D eigenvalue weighted by atomic mass is 10.1. The van der Waals surface area contributed by atoms with Crippen molar-refractivity contribution >= 4 is 5.97 Å². The van der Waals surface area contributed by atoms with Crippen molar-refractivity contribution in [1.82, 2.24) is 0 Å². The summed E-state index contributed by atoms with van der Waals surface area (Å²) in [7, 11) is 0. The van der Waals surface area contributed by atoms with Gasteiger partial charge in [0.15, 0.2) is 11.5 Å². The zero-order chi connectivity index (χ0) is 30.5. The first-order chi connectivity index (χ1) is 20.7. The molecule has 0 radical (unpaired) electrons. The molecule has 0 saturated heterocycles. The fourth-order valence-corrected chi connectivity index (χ4v) is 4.37. The smallest absolute Gasteiger partial charge is 0.338 e. The predicted octanol–water partition coefficient (Wildman–Crippen LogP) is 7.92. The normalized spacial score (nSPS) is 11.0. The van der Waals surface area contributed by atoms with Crippen LogP contribution in [-0.2, 0) is 14.2 Å². The zero-order valence-corrected chi connectivity index (χ0v) is 26.9. The highest BCUT2D eigenvalue weighted by Gasteiger charge is 2.20. The van der Waals surface area contributed by atoms with Crippen LogP contribution in [0.25, 0.3) is 0 Å². The van der Waals surface area contributed by atoms with E-state index in [0.29, 0.717) is 55.8 Å². The van der Waals surface area contributed by atoms with Crippen molar-refractivity contribution in [1.29, 1.82) is 0 Å². The average Bonchev–Trinajstić information content (AvgIpc) is 3.00. The van der Waals surface area contributed by atoms with Crippen LogP contribution in [-0.4, -0.2) is 70.5 Å². The average molecular weight is 597 g/mol. The van der Waals surface area contributed by atoms with Gasteiger partial charge in [-0.15, -0.1) is 0 Å². The molecule has 1 N–H and O–H groups in total. The maximum atomic E-state index is 13.0. The van der Waals surface area contributed by atoms with Crippen molar-refractivity contribution in [3.8, 4) is 17.2 Å². The first kappa shape index (κ1) is 38.0. The van der Waals surface area contributed by atoms with E-state index in [4.69, 9.17) is 33.5 Å². The standard InChI is InChI=1S/C34H60O8/c1-4-7-10-13-16-20-39-31-28-30(34(36)42-27-26-38-25-24-37-23-19-35)29-32(40-21-17-14-11-8-5-2)33(31)41-22-18-15-12-9-6-3/h28-29,35H,4-27H2,1-3H3. The van der Waals surface area contributed by atoms with Gasteiger partial charge in [0, 0.05) is 0 Å². The predicted molar refractivity (Wildman–Crippen MR) is 168 cm³/mol. The minimum atomic E-state index is -0.457. The van der Waals surface area contributed by atoms with E-state index in [1.807, 2.05) is 0 Å². The molecule has 0 spiro atoms. The Morgan fingerprint density at radius 2 is 0.976 bits per heavy atom. The van der Waals surface area contributed by atoms with Crippen LogP contribution in [0.5, 0.6) is 17.2 Å². The number of ether oxygens (including phenoxy) is 6. The molecule has 8 heteroatoms. The fraction of sp³-hybridized carbons (Fsp3) is 0.794. The Hall–Kier alpha value is -2.03. The van der Waals surface area contributed by atoms with E-state index in [9.17, 15) is 4.79 Å². The Labute approximate surface area is 255 Å². The molecule has 0 saturated carbocycles. The van der Waals surface area contributed by atoms with Crippen LogP contribution >= 0.6 is 0 Å². The van der Waals surface area contributed by atoms with E-state index in [2.05, 4.69) is 20.8 Å². The SMILES string of the molecule is CCCCCCCOc1cc(C(=O)OCCOCCOCCO)cc(OCCCCCCC)c1OCCCCCCC. The third-order valence-corrected chi connectivity index (χ3v) is 6.83. The van der Waals surface area contributed by atoms with Crippen molar-refractivity contribution in [2.24, 2.45) is 0 Å². The van der Waals surface area contributed by atoms with E-state index in [0.717, 1.165) is 38.5 Å². The second kappa shape index (κ2) is 27.8. The van der Waals surface area contributed by atoms with Crippen molar-refractivity contribution in [3.05, 3.63) is 17.7 Å². The van der Waals surface area contributed by atoms with E-state index in [1.165, 1.54) is 57.8 Å². The second-order valence-corrected chi connectivity index (χ2v) is 10.7. The van der Waals surface area contributed by atoms with Crippen molar-refractivity contribution in [2.45, 2.75) is 117 Å². The highest BCUT2D eigenvalue weighted by atomic mass is 16.6. The van der Waals surface area contributed by atoms with Crippen LogP contribution in [0, 0.1) is 0 Å². The Morgan fingerprint density at radius 1 is 0.548 bits per heavy atom. The van der Waals surface area contributed by atoms with Gasteiger partial charge in [0.05, 0.1) is 58.4 Å². The molecule has 0 heterocycles. The van der Waals surface area contributed by atoms with Crippen LogP contribution in [0.3, 0.4) is 0 Å². The fourth-order valence-electron chi connectivity index (χ4n) is 4.37. The number of esters is 1. The van der Waals surface area contributed by atoms with Gasteiger partial charge in [-0.2, -0.15) is 0 Å². The molecule has 0 amide bonds. The van der Waals surface area contributed by atoms with Gasteiger partial charge in [-0.25, -0.2) is 4.79 Å². The third-order valence-electron chi connectivity index (χ3n) is 6.83. The molecule has 1 aromatic carbocycles. The first-order valence-corrected chi connectivity index (χ1v) is 16.7. The number of unbranched alkanes of at least 4 members (excludes halogenated alkanes) is 12. The Bertz CT molecular complexity index is 733. The summed E-state index contributed by atoms with van der Waals surface area (Å²) in [6.45, 7) is 9.70. The van der Waals surface area contributed by atoms with Gasteiger partial charge in [0.2, 0.25) is 5.75 Å². The van der Waals surface area contributed by atoms with E-state index < -0.39 is 5.97 Å². The van der Waals surface area contributed by atoms with Crippen LogP contribution in [0.15, 0.2) is 12.1 Å². The summed E-state index contributed by atoms with van der Waals surface area (Å²) in [5, 5.41) is 8.75. The van der Waals surface area contributed by atoms with E-state index in [1.54, 1.807) is 12.1 Å². The van der Waals surface area contributed by atoms with Crippen molar-refractivity contribution in [2.75, 3.05) is 59.5 Å². The van der Waals surface area contributed by atoms with Gasteiger partial charge in [0.1, 0.15) is 6.61 Å². The Balaban J connectivity index is 2.93. The second-order valence-electron chi connectivity index (χ2n) is 10.7. The summed E-state index contributed by atoms with van der Waals surface area (Å²) in [5.41, 5.74) is 0.374. The summed E-state index contributed by atoms with van der Waals surface area (Å²) >= 11 is 0. The van der Waals surface area contributed by atoms with E-state index >= 15 is 0 Å². The molecule has 1 aromatic rings. The summed E-state index contributed by atoms with van der Waals surface area (Å²) in [6.07, 6.45) is 17.0. The first-order valence-electron chi connectivity index (χ1n) is 16.7. The summed E-state index contributed by atoms with van der Waals surface area (Å²) in [4.78, 5) is 13.0. The molecule has 244 valence electrons. The largest absolute Gasteiger partial charge is 0.490 e. The minimum absolute atomic E-state index is 0.0183. The third kappa shape index (κ3) is 19.2. The lowest BCUT2D eigenvalue weighted by molar-refractivity contribution is 0.00916. The molecule has 1 rings (SSSR count).